The Kier molecular flexibility index (Phi) is 8.08. The van der Waals surface area contributed by atoms with Gasteiger partial charge in [-0.05, 0) is 30.3 Å². The zero-order valence-corrected chi connectivity index (χ0v) is 18.9. The molecule has 0 unspecified atom stereocenters. The van der Waals surface area contributed by atoms with E-state index in [0.29, 0.717) is 22.2 Å². The molecule has 1 amide bonds. The Morgan fingerprint density at radius 2 is 1.94 bits per heavy atom. The highest BCUT2D eigenvalue weighted by Crippen LogP contribution is 2.33. The number of hydrogen-bond acceptors (Lipinski definition) is 9. The molecule has 0 atom stereocenters. The fourth-order valence-electron chi connectivity index (χ4n) is 2.67. The number of amides is 1. The second-order valence-corrected chi connectivity index (χ2v) is 8.05. The lowest BCUT2D eigenvalue weighted by molar-refractivity contribution is -0.119. The summed E-state index contributed by atoms with van der Waals surface area (Å²) < 4.78 is 15.6. The van der Waals surface area contributed by atoms with Gasteiger partial charge >= 0.3 is 5.97 Å². The van der Waals surface area contributed by atoms with Crippen LogP contribution in [0.3, 0.4) is 0 Å². The molecule has 0 aliphatic rings. The number of nitriles is 1. The van der Waals surface area contributed by atoms with Gasteiger partial charge in [-0.1, -0.05) is 12.1 Å². The summed E-state index contributed by atoms with van der Waals surface area (Å²) in [6, 6.07) is 14.5. The third-order valence-electron chi connectivity index (χ3n) is 4.13. The molecule has 32 heavy (non-hydrogen) atoms. The van der Waals surface area contributed by atoms with Gasteiger partial charge in [-0.2, -0.15) is 5.26 Å². The topological polar surface area (TPSA) is 111 Å². The number of anilines is 1. The van der Waals surface area contributed by atoms with Gasteiger partial charge in [-0.25, -0.2) is 9.78 Å². The molecule has 0 saturated carbocycles. The smallest absolute Gasteiger partial charge is 0.358 e. The highest BCUT2D eigenvalue weighted by Gasteiger charge is 2.16. The molecule has 0 aliphatic carbocycles. The van der Waals surface area contributed by atoms with Crippen LogP contribution in [-0.2, 0) is 9.53 Å². The van der Waals surface area contributed by atoms with Gasteiger partial charge in [0, 0.05) is 15.8 Å². The standard InChI is InChI=1S/C22H19N3O5S2/c1-28-17-8-7-14(11-18(17)29-2)21-25-16(13-32-21)22(27)30-12-20(26)24-15-5-3-4-6-19(15)31-10-9-23/h3-8,11,13H,10,12H2,1-2H3,(H,24,26). The number of nitrogens with zero attached hydrogens (tertiary/aromatic N) is 2. The molecule has 1 N–H and O–H groups in total. The molecule has 2 aromatic carbocycles. The van der Waals surface area contributed by atoms with E-state index in [1.807, 2.05) is 18.2 Å². The second kappa shape index (κ2) is 11.2. The minimum Gasteiger partial charge on any atom is -0.493 e. The van der Waals surface area contributed by atoms with Crippen LogP contribution in [0.4, 0.5) is 5.69 Å². The van der Waals surface area contributed by atoms with Crippen molar-refractivity contribution in [1.29, 1.82) is 5.26 Å². The lowest BCUT2D eigenvalue weighted by Crippen LogP contribution is -2.21. The predicted molar refractivity (Wildman–Crippen MR) is 122 cm³/mol. The molecule has 1 aromatic heterocycles. The molecule has 0 saturated heterocycles. The Morgan fingerprint density at radius 1 is 1.16 bits per heavy atom. The Bertz CT molecular complexity index is 1160. The van der Waals surface area contributed by atoms with Gasteiger partial charge in [0.1, 0.15) is 5.01 Å². The first-order valence-corrected chi connectivity index (χ1v) is 11.2. The fourth-order valence-corrected chi connectivity index (χ4v) is 4.12. The maximum Gasteiger partial charge on any atom is 0.358 e. The molecule has 1 heterocycles. The van der Waals surface area contributed by atoms with Gasteiger partial charge in [0.15, 0.2) is 23.8 Å². The molecule has 0 spiro atoms. The van der Waals surface area contributed by atoms with Crippen LogP contribution < -0.4 is 14.8 Å². The minimum atomic E-state index is -0.699. The monoisotopic (exact) mass is 469 g/mol. The van der Waals surface area contributed by atoms with Crippen molar-refractivity contribution in [3.8, 4) is 28.1 Å². The third kappa shape index (κ3) is 5.78. The van der Waals surface area contributed by atoms with Gasteiger partial charge in [0.25, 0.3) is 5.91 Å². The van der Waals surface area contributed by atoms with E-state index >= 15 is 0 Å². The number of para-hydroxylation sites is 1. The summed E-state index contributed by atoms with van der Waals surface area (Å²) >= 11 is 2.58. The van der Waals surface area contributed by atoms with Crippen molar-refractivity contribution in [2.24, 2.45) is 0 Å². The van der Waals surface area contributed by atoms with Crippen LogP contribution in [0.5, 0.6) is 11.5 Å². The second-order valence-electron chi connectivity index (χ2n) is 6.17. The van der Waals surface area contributed by atoms with Crippen molar-refractivity contribution < 1.29 is 23.8 Å². The van der Waals surface area contributed by atoms with Crippen LogP contribution in [0.25, 0.3) is 10.6 Å². The van der Waals surface area contributed by atoms with Crippen LogP contribution in [0.1, 0.15) is 10.5 Å². The number of thioether (sulfide) groups is 1. The number of methoxy groups -OCH3 is 2. The highest BCUT2D eigenvalue weighted by atomic mass is 32.2. The molecule has 0 fully saturated rings. The van der Waals surface area contributed by atoms with E-state index in [9.17, 15) is 9.59 Å². The maximum absolute atomic E-state index is 12.3. The minimum absolute atomic E-state index is 0.109. The summed E-state index contributed by atoms with van der Waals surface area (Å²) in [5.41, 5.74) is 1.42. The molecule has 0 radical (unpaired) electrons. The molecular weight excluding hydrogens is 450 g/mol. The van der Waals surface area contributed by atoms with Gasteiger partial charge in [0.05, 0.1) is 31.7 Å². The quantitative estimate of drug-likeness (QED) is 0.366. The summed E-state index contributed by atoms with van der Waals surface area (Å²) in [6.45, 7) is -0.459. The van der Waals surface area contributed by atoms with E-state index in [2.05, 4.69) is 10.3 Å². The largest absolute Gasteiger partial charge is 0.493 e. The lowest BCUT2D eigenvalue weighted by Gasteiger charge is -2.09. The molecule has 8 nitrogen and oxygen atoms in total. The van der Waals surface area contributed by atoms with Crippen molar-refractivity contribution in [2.75, 3.05) is 31.9 Å². The molecule has 3 rings (SSSR count). The average Bonchev–Trinajstić information content (AvgIpc) is 3.32. The first-order chi connectivity index (χ1) is 15.5. The van der Waals surface area contributed by atoms with Crippen molar-refractivity contribution in [1.82, 2.24) is 4.98 Å². The number of nitrogens with one attached hydrogen (secondary N) is 1. The van der Waals surface area contributed by atoms with Crippen LogP contribution in [0.15, 0.2) is 52.7 Å². The summed E-state index contributed by atoms with van der Waals surface area (Å²) in [4.78, 5) is 29.6. The maximum atomic E-state index is 12.3. The third-order valence-corrected chi connectivity index (χ3v) is 5.96. The number of carbonyl (C=O) groups excluding carboxylic acids is 2. The van der Waals surface area contributed by atoms with E-state index in [0.717, 1.165) is 10.5 Å². The average molecular weight is 470 g/mol. The summed E-state index contributed by atoms with van der Waals surface area (Å²) in [5.74, 6) is 0.211. The Balaban J connectivity index is 1.60. The number of aromatic nitrogens is 1. The van der Waals surface area contributed by atoms with E-state index in [4.69, 9.17) is 19.5 Å². The predicted octanol–water partition coefficient (Wildman–Crippen LogP) is 4.24. The van der Waals surface area contributed by atoms with Crippen LogP contribution in [0, 0.1) is 11.3 Å². The fraction of sp³-hybridized carbons (Fsp3) is 0.182. The molecule has 164 valence electrons. The summed E-state index contributed by atoms with van der Waals surface area (Å²) in [6.07, 6.45) is 0. The first kappa shape index (κ1) is 23.1. The van der Waals surface area contributed by atoms with Gasteiger partial charge in [-0.15, -0.1) is 23.1 Å². The highest BCUT2D eigenvalue weighted by molar-refractivity contribution is 7.99. The van der Waals surface area contributed by atoms with Gasteiger partial charge in [0.2, 0.25) is 0 Å². The van der Waals surface area contributed by atoms with Crippen molar-refractivity contribution >= 4 is 40.7 Å². The van der Waals surface area contributed by atoms with Gasteiger partial charge in [-0.3, -0.25) is 4.79 Å². The number of ether oxygens (including phenoxy) is 3. The zero-order chi connectivity index (χ0) is 22.9. The number of hydrogen-bond donors (Lipinski definition) is 1. The first-order valence-electron chi connectivity index (χ1n) is 9.29. The number of esters is 1. The van der Waals surface area contributed by atoms with Crippen LogP contribution in [0.2, 0.25) is 0 Å². The van der Waals surface area contributed by atoms with Crippen molar-refractivity contribution in [3.05, 3.63) is 53.5 Å². The Hall–Kier alpha value is -3.55. The van der Waals surface area contributed by atoms with E-state index in [-0.39, 0.29) is 11.4 Å². The van der Waals surface area contributed by atoms with Crippen LogP contribution in [-0.4, -0.2) is 43.4 Å². The number of rotatable bonds is 9. The molecule has 3 aromatic rings. The number of benzene rings is 2. The SMILES string of the molecule is COc1ccc(-c2nc(C(=O)OCC(=O)Nc3ccccc3SCC#N)cs2)cc1OC. The Labute approximate surface area is 193 Å². The molecule has 10 heteroatoms. The molecule has 0 bridgehead atoms. The summed E-state index contributed by atoms with van der Waals surface area (Å²) in [7, 11) is 3.09. The van der Waals surface area contributed by atoms with Crippen LogP contribution >= 0.6 is 23.1 Å². The lowest BCUT2D eigenvalue weighted by atomic mass is 10.2. The van der Waals surface area contributed by atoms with Crippen molar-refractivity contribution in [3.63, 3.8) is 0 Å². The number of carbonyl (C=O) groups is 2. The Morgan fingerprint density at radius 3 is 2.69 bits per heavy atom. The summed E-state index contributed by atoms with van der Waals surface area (Å²) in [5, 5.41) is 13.6. The van der Waals surface area contributed by atoms with E-state index < -0.39 is 18.5 Å². The van der Waals surface area contributed by atoms with Crippen molar-refractivity contribution in [2.45, 2.75) is 4.90 Å². The zero-order valence-electron chi connectivity index (χ0n) is 17.3. The van der Waals surface area contributed by atoms with E-state index in [1.54, 1.807) is 42.8 Å². The number of thiazole rings is 1. The molecule has 0 aliphatic heterocycles. The molecular formula is C22H19N3O5S2. The van der Waals surface area contributed by atoms with E-state index in [1.165, 1.54) is 30.2 Å². The normalized spacial score (nSPS) is 10.2. The van der Waals surface area contributed by atoms with Gasteiger partial charge < -0.3 is 19.5 Å².